The van der Waals surface area contributed by atoms with E-state index in [2.05, 4.69) is 10.1 Å². The van der Waals surface area contributed by atoms with Gasteiger partial charge in [-0.25, -0.2) is 0 Å². The Kier molecular flexibility index (Phi) is 9.05. The number of methoxy groups -OCH3 is 1. The highest BCUT2D eigenvalue weighted by Gasteiger charge is 2.13. The lowest BCUT2D eigenvalue weighted by molar-refractivity contribution is -0.121. The minimum absolute atomic E-state index is 0.0383. The Morgan fingerprint density at radius 1 is 1.03 bits per heavy atom. The lowest BCUT2D eigenvalue weighted by Gasteiger charge is -2.12. The van der Waals surface area contributed by atoms with Gasteiger partial charge in [0.25, 0.3) is 0 Å². The molecule has 0 saturated heterocycles. The van der Waals surface area contributed by atoms with Gasteiger partial charge in [0, 0.05) is 24.9 Å². The molecule has 0 aliphatic carbocycles. The molecule has 2 aromatic rings. The smallest absolute Gasteiger partial charge is 0.387 e. The summed E-state index contributed by atoms with van der Waals surface area (Å²) in [6.07, 6.45) is 1.01. The van der Waals surface area contributed by atoms with Crippen LogP contribution in [-0.2, 0) is 11.3 Å². The maximum atomic E-state index is 12.4. The number of Topliss-reactive ketones (excluding diaryl/α,β-unsaturated/α-hetero) is 1. The monoisotopic (exact) mass is 421 g/mol. The highest BCUT2D eigenvalue weighted by Crippen LogP contribution is 2.29. The molecule has 0 bridgehead atoms. The number of hydrogen-bond donors (Lipinski definition) is 1. The number of rotatable bonds is 12. The van der Waals surface area contributed by atoms with Crippen LogP contribution in [0.25, 0.3) is 0 Å². The van der Waals surface area contributed by atoms with Crippen molar-refractivity contribution < 1.29 is 32.6 Å². The van der Waals surface area contributed by atoms with Gasteiger partial charge in [-0.15, -0.1) is 0 Å². The first-order valence-corrected chi connectivity index (χ1v) is 9.57. The quantitative estimate of drug-likeness (QED) is 0.516. The average molecular weight is 421 g/mol. The summed E-state index contributed by atoms with van der Waals surface area (Å²) in [5, 5.41) is 2.69. The van der Waals surface area contributed by atoms with Crippen LogP contribution >= 0.6 is 0 Å². The number of amides is 1. The molecule has 0 radical (unpaired) electrons. The number of alkyl halides is 2. The number of nitrogens with one attached hydrogen (secondary N) is 1. The number of ether oxygens (including phenoxy) is 3. The van der Waals surface area contributed by atoms with Crippen molar-refractivity contribution in [3.8, 4) is 17.2 Å². The van der Waals surface area contributed by atoms with Gasteiger partial charge in [-0.1, -0.05) is 13.0 Å². The summed E-state index contributed by atoms with van der Waals surface area (Å²) in [5.74, 6) is 0.329. The van der Waals surface area contributed by atoms with Gasteiger partial charge >= 0.3 is 6.61 Å². The molecule has 30 heavy (non-hydrogen) atoms. The molecule has 0 atom stereocenters. The maximum Gasteiger partial charge on any atom is 0.387 e. The van der Waals surface area contributed by atoms with E-state index in [0.29, 0.717) is 23.5 Å². The zero-order chi connectivity index (χ0) is 21.9. The van der Waals surface area contributed by atoms with Gasteiger partial charge in [0.15, 0.2) is 17.3 Å². The first-order chi connectivity index (χ1) is 14.4. The number of carbonyl (C=O) groups excluding carboxylic acids is 2. The van der Waals surface area contributed by atoms with E-state index in [9.17, 15) is 18.4 Å². The van der Waals surface area contributed by atoms with E-state index >= 15 is 0 Å². The normalized spacial score (nSPS) is 10.6. The van der Waals surface area contributed by atoms with Crippen molar-refractivity contribution in [3.05, 3.63) is 53.6 Å². The molecule has 0 aliphatic rings. The second-order valence-corrected chi connectivity index (χ2v) is 6.44. The lowest BCUT2D eigenvalue weighted by atomic mass is 10.1. The molecule has 0 aromatic heterocycles. The van der Waals surface area contributed by atoms with Crippen molar-refractivity contribution in [1.29, 1.82) is 0 Å². The van der Waals surface area contributed by atoms with Crippen LogP contribution in [0, 0.1) is 0 Å². The van der Waals surface area contributed by atoms with Crippen LogP contribution in [0.4, 0.5) is 8.78 Å². The summed E-state index contributed by atoms with van der Waals surface area (Å²) in [6, 6.07) is 11.2. The lowest BCUT2D eigenvalue weighted by Crippen LogP contribution is -2.23. The summed E-state index contributed by atoms with van der Waals surface area (Å²) < 4.78 is 39.6. The van der Waals surface area contributed by atoms with Crippen LogP contribution in [-0.4, -0.2) is 32.0 Å². The Morgan fingerprint density at radius 2 is 1.77 bits per heavy atom. The van der Waals surface area contributed by atoms with Gasteiger partial charge in [-0.2, -0.15) is 8.78 Å². The molecule has 0 spiro atoms. The predicted octanol–water partition coefficient (Wildman–Crippen LogP) is 4.36. The van der Waals surface area contributed by atoms with Crippen molar-refractivity contribution in [2.75, 3.05) is 13.7 Å². The summed E-state index contributed by atoms with van der Waals surface area (Å²) in [5.41, 5.74) is 1.17. The number of hydrogen-bond acceptors (Lipinski definition) is 5. The van der Waals surface area contributed by atoms with Crippen molar-refractivity contribution in [3.63, 3.8) is 0 Å². The van der Waals surface area contributed by atoms with E-state index in [1.807, 2.05) is 6.92 Å². The zero-order valence-corrected chi connectivity index (χ0v) is 17.0. The van der Waals surface area contributed by atoms with E-state index in [-0.39, 0.29) is 42.6 Å². The molecular formula is C22H25F2NO5. The van der Waals surface area contributed by atoms with E-state index in [1.165, 1.54) is 19.2 Å². The van der Waals surface area contributed by atoms with Crippen molar-refractivity contribution in [2.45, 2.75) is 39.3 Å². The second-order valence-electron chi connectivity index (χ2n) is 6.44. The SMILES string of the molecule is CCCOc1ccc(C(=O)CCC(=O)NCc2ccc(OC(F)F)c(OC)c2)cc1. The van der Waals surface area contributed by atoms with Crippen LogP contribution in [0.3, 0.4) is 0 Å². The van der Waals surface area contributed by atoms with Crippen LogP contribution in [0.5, 0.6) is 17.2 Å². The molecule has 0 saturated carbocycles. The molecule has 0 aliphatic heterocycles. The molecule has 6 nitrogen and oxygen atoms in total. The fourth-order valence-corrected chi connectivity index (χ4v) is 2.63. The summed E-state index contributed by atoms with van der Waals surface area (Å²) in [6.45, 7) is -0.165. The molecule has 0 heterocycles. The Morgan fingerprint density at radius 3 is 2.40 bits per heavy atom. The van der Waals surface area contributed by atoms with Crippen LogP contribution < -0.4 is 19.5 Å². The molecule has 162 valence electrons. The number of ketones is 1. The second kappa shape index (κ2) is 11.7. The Bertz CT molecular complexity index is 840. The Labute approximate surface area is 174 Å². The van der Waals surface area contributed by atoms with Crippen LogP contribution in [0.2, 0.25) is 0 Å². The van der Waals surface area contributed by atoms with E-state index in [4.69, 9.17) is 9.47 Å². The number of benzene rings is 2. The minimum Gasteiger partial charge on any atom is -0.494 e. The largest absolute Gasteiger partial charge is 0.494 e. The summed E-state index contributed by atoms with van der Waals surface area (Å²) in [7, 11) is 1.34. The summed E-state index contributed by atoms with van der Waals surface area (Å²) >= 11 is 0. The van der Waals surface area contributed by atoms with Crippen LogP contribution in [0.1, 0.15) is 42.1 Å². The predicted molar refractivity (Wildman–Crippen MR) is 107 cm³/mol. The molecule has 1 amide bonds. The van der Waals surface area contributed by atoms with Gasteiger partial charge < -0.3 is 19.5 Å². The third-order valence-corrected chi connectivity index (χ3v) is 4.16. The standard InChI is InChI=1S/C22H25F2NO5/c1-3-12-29-17-7-5-16(6-8-17)18(26)9-11-21(27)25-14-15-4-10-19(30-22(23)24)20(13-15)28-2/h4-8,10,13,22H,3,9,11-12,14H2,1-2H3,(H,25,27). The van der Waals surface area contributed by atoms with Crippen molar-refractivity contribution >= 4 is 11.7 Å². The van der Waals surface area contributed by atoms with E-state index in [0.717, 1.165) is 6.42 Å². The number of halogens is 2. The first kappa shape index (κ1) is 23.1. The highest BCUT2D eigenvalue weighted by molar-refractivity contribution is 5.98. The third kappa shape index (κ3) is 7.35. The van der Waals surface area contributed by atoms with Gasteiger partial charge in [0.05, 0.1) is 13.7 Å². The molecule has 0 fully saturated rings. The minimum atomic E-state index is -2.96. The van der Waals surface area contributed by atoms with Crippen molar-refractivity contribution in [1.82, 2.24) is 5.32 Å². The number of carbonyl (C=O) groups is 2. The molecule has 2 rings (SSSR count). The first-order valence-electron chi connectivity index (χ1n) is 9.57. The molecule has 2 aromatic carbocycles. The van der Waals surface area contributed by atoms with Crippen LogP contribution in [0.15, 0.2) is 42.5 Å². The molecule has 0 unspecified atom stereocenters. The van der Waals surface area contributed by atoms with Gasteiger partial charge in [-0.3, -0.25) is 9.59 Å². The van der Waals surface area contributed by atoms with Gasteiger partial charge in [-0.05, 0) is 48.4 Å². The Hall–Kier alpha value is -3.16. The van der Waals surface area contributed by atoms with Gasteiger partial charge in [0.2, 0.25) is 5.91 Å². The third-order valence-electron chi connectivity index (χ3n) is 4.16. The maximum absolute atomic E-state index is 12.4. The average Bonchev–Trinajstić information content (AvgIpc) is 2.75. The summed E-state index contributed by atoms with van der Waals surface area (Å²) in [4.78, 5) is 24.3. The topological polar surface area (TPSA) is 73.9 Å². The highest BCUT2D eigenvalue weighted by atomic mass is 19.3. The zero-order valence-electron chi connectivity index (χ0n) is 17.0. The van der Waals surface area contributed by atoms with E-state index in [1.54, 1.807) is 30.3 Å². The molecule has 8 heteroatoms. The van der Waals surface area contributed by atoms with Crippen molar-refractivity contribution in [2.24, 2.45) is 0 Å². The van der Waals surface area contributed by atoms with Gasteiger partial charge in [0.1, 0.15) is 5.75 Å². The molecular weight excluding hydrogens is 396 g/mol. The van der Waals surface area contributed by atoms with E-state index < -0.39 is 6.61 Å². The fourth-order valence-electron chi connectivity index (χ4n) is 2.63. The Balaban J connectivity index is 1.81. The fraction of sp³-hybridized carbons (Fsp3) is 0.364. The molecule has 1 N–H and O–H groups in total.